The standard InChI is InChI=1S/C13H19BrN2O3S/c1-4-16(5-2)13(17)10-15(3)20(18,19)12-8-6-11(14)7-9-12/h6-9H,4-5,10H2,1-3H3. The van der Waals surface area contributed by atoms with Crippen LogP contribution in [0.3, 0.4) is 0 Å². The van der Waals surface area contributed by atoms with Crippen molar-refractivity contribution in [2.45, 2.75) is 18.7 Å². The second kappa shape index (κ2) is 7.19. The van der Waals surface area contributed by atoms with E-state index in [-0.39, 0.29) is 17.3 Å². The molecule has 0 saturated heterocycles. The quantitative estimate of drug-likeness (QED) is 0.776. The Bertz CT molecular complexity index is 553. The van der Waals surface area contributed by atoms with Gasteiger partial charge in [0.25, 0.3) is 0 Å². The zero-order valence-corrected chi connectivity index (χ0v) is 14.2. The van der Waals surface area contributed by atoms with Crippen molar-refractivity contribution < 1.29 is 13.2 Å². The lowest BCUT2D eigenvalue weighted by Crippen LogP contribution is -2.40. The van der Waals surface area contributed by atoms with E-state index >= 15 is 0 Å². The molecule has 0 aliphatic heterocycles. The van der Waals surface area contributed by atoms with E-state index < -0.39 is 10.0 Å². The lowest BCUT2D eigenvalue weighted by atomic mass is 10.4. The Morgan fingerprint density at radius 3 is 2.10 bits per heavy atom. The first-order chi connectivity index (χ1) is 9.32. The Morgan fingerprint density at radius 2 is 1.65 bits per heavy atom. The van der Waals surface area contributed by atoms with Crippen molar-refractivity contribution in [1.29, 1.82) is 0 Å². The number of hydrogen-bond donors (Lipinski definition) is 0. The van der Waals surface area contributed by atoms with E-state index in [0.717, 1.165) is 8.78 Å². The van der Waals surface area contributed by atoms with Crippen molar-refractivity contribution in [3.8, 4) is 0 Å². The summed E-state index contributed by atoms with van der Waals surface area (Å²) in [6.07, 6.45) is 0. The molecule has 7 heteroatoms. The van der Waals surface area contributed by atoms with Crippen molar-refractivity contribution >= 4 is 31.9 Å². The molecular weight excluding hydrogens is 344 g/mol. The van der Waals surface area contributed by atoms with E-state index in [2.05, 4.69) is 15.9 Å². The number of benzene rings is 1. The van der Waals surface area contributed by atoms with Gasteiger partial charge >= 0.3 is 0 Å². The first-order valence-corrected chi connectivity index (χ1v) is 8.55. The van der Waals surface area contributed by atoms with Gasteiger partial charge in [-0.3, -0.25) is 4.79 Å². The van der Waals surface area contributed by atoms with Gasteiger partial charge < -0.3 is 4.90 Å². The van der Waals surface area contributed by atoms with Crippen LogP contribution < -0.4 is 0 Å². The lowest BCUT2D eigenvalue weighted by molar-refractivity contribution is -0.130. The summed E-state index contributed by atoms with van der Waals surface area (Å²) < 4.78 is 26.5. The van der Waals surface area contributed by atoms with Crippen molar-refractivity contribution in [3.63, 3.8) is 0 Å². The Balaban J connectivity index is 2.87. The van der Waals surface area contributed by atoms with Gasteiger partial charge in [-0.05, 0) is 38.1 Å². The van der Waals surface area contributed by atoms with Crippen LogP contribution in [0, 0.1) is 0 Å². The van der Waals surface area contributed by atoms with Crippen LogP contribution in [0.5, 0.6) is 0 Å². The highest BCUT2D eigenvalue weighted by molar-refractivity contribution is 9.10. The summed E-state index contributed by atoms with van der Waals surface area (Å²) in [4.78, 5) is 13.7. The SMILES string of the molecule is CCN(CC)C(=O)CN(C)S(=O)(=O)c1ccc(Br)cc1. The average Bonchev–Trinajstić information content (AvgIpc) is 2.40. The minimum atomic E-state index is -3.64. The first kappa shape index (κ1) is 17.1. The van der Waals surface area contributed by atoms with Gasteiger partial charge in [0.05, 0.1) is 11.4 Å². The Hall–Kier alpha value is -0.920. The van der Waals surface area contributed by atoms with Crippen LogP contribution in [0.15, 0.2) is 33.6 Å². The van der Waals surface area contributed by atoms with Gasteiger partial charge in [-0.1, -0.05) is 15.9 Å². The highest BCUT2D eigenvalue weighted by atomic mass is 79.9. The first-order valence-electron chi connectivity index (χ1n) is 6.32. The van der Waals surface area contributed by atoms with Crippen molar-refractivity contribution in [3.05, 3.63) is 28.7 Å². The molecule has 0 bridgehead atoms. The Morgan fingerprint density at radius 1 is 1.15 bits per heavy atom. The number of rotatable bonds is 6. The molecule has 0 aliphatic carbocycles. The zero-order chi connectivity index (χ0) is 15.3. The van der Waals surface area contributed by atoms with Gasteiger partial charge in [-0.2, -0.15) is 4.31 Å². The molecule has 20 heavy (non-hydrogen) atoms. The minimum Gasteiger partial charge on any atom is -0.342 e. The van der Waals surface area contributed by atoms with Crippen molar-refractivity contribution in [2.75, 3.05) is 26.7 Å². The third-order valence-corrected chi connectivity index (χ3v) is 5.34. The number of likely N-dealkylation sites (N-methyl/N-ethyl adjacent to an activating group) is 2. The summed E-state index contributed by atoms with van der Waals surface area (Å²) in [5, 5.41) is 0. The van der Waals surface area contributed by atoms with E-state index in [1.165, 1.54) is 19.2 Å². The molecule has 112 valence electrons. The zero-order valence-electron chi connectivity index (χ0n) is 11.8. The number of amides is 1. The maximum absolute atomic E-state index is 12.3. The highest BCUT2D eigenvalue weighted by Gasteiger charge is 2.24. The van der Waals surface area contributed by atoms with E-state index in [9.17, 15) is 13.2 Å². The molecule has 0 radical (unpaired) electrons. The van der Waals surface area contributed by atoms with Crippen LogP contribution in [-0.4, -0.2) is 50.2 Å². The summed E-state index contributed by atoms with van der Waals surface area (Å²) in [6, 6.07) is 6.34. The summed E-state index contributed by atoms with van der Waals surface area (Å²) in [6.45, 7) is 4.72. The van der Waals surface area contributed by atoms with E-state index in [1.807, 2.05) is 13.8 Å². The number of halogens is 1. The largest absolute Gasteiger partial charge is 0.342 e. The van der Waals surface area contributed by atoms with Crippen LogP contribution in [0.2, 0.25) is 0 Å². The molecule has 0 unspecified atom stereocenters. The highest BCUT2D eigenvalue weighted by Crippen LogP contribution is 2.17. The molecular formula is C13H19BrN2O3S. The predicted octanol–water partition coefficient (Wildman–Crippen LogP) is 1.94. The molecule has 0 spiro atoms. The Kier molecular flexibility index (Phi) is 6.16. The molecule has 0 atom stereocenters. The average molecular weight is 363 g/mol. The monoisotopic (exact) mass is 362 g/mol. The molecule has 0 N–H and O–H groups in total. The van der Waals surface area contributed by atoms with E-state index in [1.54, 1.807) is 17.0 Å². The van der Waals surface area contributed by atoms with Crippen LogP contribution in [0.25, 0.3) is 0 Å². The molecule has 0 fully saturated rings. The van der Waals surface area contributed by atoms with Gasteiger partial charge in [-0.15, -0.1) is 0 Å². The molecule has 1 aromatic rings. The van der Waals surface area contributed by atoms with Gasteiger partial charge in [0.2, 0.25) is 15.9 Å². The smallest absolute Gasteiger partial charge is 0.243 e. The van der Waals surface area contributed by atoms with Crippen LogP contribution in [0.1, 0.15) is 13.8 Å². The predicted molar refractivity (Wildman–Crippen MR) is 81.9 cm³/mol. The fraction of sp³-hybridized carbons (Fsp3) is 0.462. The number of hydrogen-bond acceptors (Lipinski definition) is 3. The van der Waals surface area contributed by atoms with E-state index in [0.29, 0.717) is 13.1 Å². The molecule has 0 heterocycles. The van der Waals surface area contributed by atoms with Gasteiger partial charge in [0.1, 0.15) is 0 Å². The Labute approximate surface area is 128 Å². The molecule has 1 aromatic carbocycles. The summed E-state index contributed by atoms with van der Waals surface area (Å²) in [5.41, 5.74) is 0. The normalized spacial score (nSPS) is 11.7. The van der Waals surface area contributed by atoms with Gasteiger partial charge in [0.15, 0.2) is 0 Å². The maximum atomic E-state index is 12.3. The van der Waals surface area contributed by atoms with Crippen LogP contribution in [-0.2, 0) is 14.8 Å². The molecule has 0 saturated carbocycles. The molecule has 0 aromatic heterocycles. The summed E-state index contributed by atoms with van der Waals surface area (Å²) in [7, 11) is -2.22. The second-order valence-corrected chi connectivity index (χ2v) is 7.24. The maximum Gasteiger partial charge on any atom is 0.243 e. The third kappa shape index (κ3) is 4.04. The lowest BCUT2D eigenvalue weighted by Gasteiger charge is -2.22. The van der Waals surface area contributed by atoms with E-state index in [4.69, 9.17) is 0 Å². The van der Waals surface area contributed by atoms with Crippen molar-refractivity contribution in [1.82, 2.24) is 9.21 Å². The van der Waals surface area contributed by atoms with Crippen LogP contribution in [0.4, 0.5) is 0 Å². The number of carbonyl (C=O) groups is 1. The van der Waals surface area contributed by atoms with Gasteiger partial charge in [0, 0.05) is 24.6 Å². The summed E-state index contributed by atoms with van der Waals surface area (Å²) in [5.74, 6) is -0.196. The second-order valence-electron chi connectivity index (χ2n) is 4.28. The molecule has 1 rings (SSSR count). The molecule has 5 nitrogen and oxygen atoms in total. The topological polar surface area (TPSA) is 57.7 Å². The minimum absolute atomic E-state index is 0.153. The van der Waals surface area contributed by atoms with Crippen LogP contribution >= 0.6 is 15.9 Å². The number of nitrogens with zero attached hydrogens (tertiary/aromatic N) is 2. The number of sulfonamides is 1. The number of carbonyl (C=O) groups excluding carboxylic acids is 1. The summed E-state index contributed by atoms with van der Waals surface area (Å²) >= 11 is 3.26. The fourth-order valence-corrected chi connectivity index (χ4v) is 3.12. The third-order valence-electron chi connectivity index (χ3n) is 3.00. The molecule has 0 aliphatic rings. The molecule has 1 amide bonds. The fourth-order valence-electron chi connectivity index (χ4n) is 1.74. The van der Waals surface area contributed by atoms with Crippen molar-refractivity contribution in [2.24, 2.45) is 0 Å². The van der Waals surface area contributed by atoms with Gasteiger partial charge in [-0.25, -0.2) is 8.42 Å².